The highest BCUT2D eigenvalue weighted by atomic mass is 79.9. The summed E-state index contributed by atoms with van der Waals surface area (Å²) < 4.78 is 0.941. The molecule has 0 aliphatic rings. The Bertz CT molecular complexity index is 465. The molecule has 1 rings (SSSR count). The van der Waals surface area contributed by atoms with Crippen molar-refractivity contribution in [1.82, 2.24) is 10.2 Å². The summed E-state index contributed by atoms with van der Waals surface area (Å²) in [5.74, 6) is -1.02. The average molecular weight is 329 g/mol. The molecule has 0 aliphatic heterocycles. The van der Waals surface area contributed by atoms with Crippen molar-refractivity contribution in [3.05, 3.63) is 34.3 Å². The SMILES string of the molecule is CCC(NC(=O)N(C)Cc1cccc(Br)c1)C(=O)O. The average Bonchev–Trinajstić information content (AvgIpc) is 2.35. The number of carboxylic acids is 1. The summed E-state index contributed by atoms with van der Waals surface area (Å²) >= 11 is 3.36. The second kappa shape index (κ2) is 7.13. The van der Waals surface area contributed by atoms with E-state index in [0.717, 1.165) is 10.0 Å². The van der Waals surface area contributed by atoms with Gasteiger partial charge in [-0.2, -0.15) is 0 Å². The Hall–Kier alpha value is -1.56. The number of nitrogens with one attached hydrogen (secondary N) is 1. The zero-order chi connectivity index (χ0) is 14.4. The molecule has 0 aromatic heterocycles. The third-order valence-corrected chi connectivity index (χ3v) is 3.15. The summed E-state index contributed by atoms with van der Waals surface area (Å²) in [5.41, 5.74) is 0.968. The molecule has 1 atom stereocenters. The minimum Gasteiger partial charge on any atom is -0.480 e. The van der Waals surface area contributed by atoms with Gasteiger partial charge in [-0.05, 0) is 24.1 Å². The maximum atomic E-state index is 11.8. The molecule has 19 heavy (non-hydrogen) atoms. The van der Waals surface area contributed by atoms with E-state index in [1.807, 2.05) is 24.3 Å². The van der Waals surface area contributed by atoms with E-state index in [1.54, 1.807) is 14.0 Å². The standard InChI is InChI=1S/C13H17BrN2O3/c1-3-11(12(17)18)15-13(19)16(2)8-9-5-4-6-10(14)7-9/h4-7,11H,3,8H2,1-2H3,(H,15,19)(H,17,18). The van der Waals surface area contributed by atoms with E-state index in [0.29, 0.717) is 13.0 Å². The highest BCUT2D eigenvalue weighted by Crippen LogP contribution is 2.13. The maximum absolute atomic E-state index is 11.8. The van der Waals surface area contributed by atoms with Crippen LogP contribution in [0.25, 0.3) is 0 Å². The number of urea groups is 1. The van der Waals surface area contributed by atoms with E-state index in [1.165, 1.54) is 4.90 Å². The van der Waals surface area contributed by atoms with Gasteiger partial charge in [0.1, 0.15) is 6.04 Å². The lowest BCUT2D eigenvalue weighted by Crippen LogP contribution is -2.46. The van der Waals surface area contributed by atoms with Gasteiger partial charge in [-0.1, -0.05) is 35.0 Å². The maximum Gasteiger partial charge on any atom is 0.326 e. The number of nitrogens with zero attached hydrogens (tertiary/aromatic N) is 1. The fraction of sp³-hybridized carbons (Fsp3) is 0.385. The Morgan fingerprint density at radius 2 is 2.16 bits per heavy atom. The monoisotopic (exact) mass is 328 g/mol. The second-order valence-corrected chi connectivity index (χ2v) is 5.15. The summed E-state index contributed by atoms with van der Waals surface area (Å²) in [6.45, 7) is 2.13. The second-order valence-electron chi connectivity index (χ2n) is 4.23. The van der Waals surface area contributed by atoms with Gasteiger partial charge in [0.05, 0.1) is 0 Å². The van der Waals surface area contributed by atoms with Crippen LogP contribution < -0.4 is 5.32 Å². The molecule has 0 saturated heterocycles. The van der Waals surface area contributed by atoms with E-state index in [2.05, 4.69) is 21.2 Å². The normalized spacial score (nSPS) is 11.7. The van der Waals surface area contributed by atoms with Gasteiger partial charge in [0.15, 0.2) is 0 Å². The third-order valence-electron chi connectivity index (χ3n) is 2.66. The van der Waals surface area contributed by atoms with Crippen molar-refractivity contribution in [2.45, 2.75) is 25.9 Å². The quantitative estimate of drug-likeness (QED) is 0.872. The number of hydrogen-bond donors (Lipinski definition) is 2. The van der Waals surface area contributed by atoms with E-state index in [9.17, 15) is 9.59 Å². The smallest absolute Gasteiger partial charge is 0.326 e. The van der Waals surface area contributed by atoms with Crippen LogP contribution in [0.1, 0.15) is 18.9 Å². The molecule has 104 valence electrons. The number of carbonyl (C=O) groups excluding carboxylic acids is 1. The highest BCUT2D eigenvalue weighted by Gasteiger charge is 2.19. The Morgan fingerprint density at radius 1 is 1.47 bits per heavy atom. The molecule has 1 unspecified atom stereocenters. The van der Waals surface area contributed by atoms with Crippen molar-refractivity contribution in [2.24, 2.45) is 0 Å². The van der Waals surface area contributed by atoms with Gasteiger partial charge in [-0.25, -0.2) is 9.59 Å². The van der Waals surface area contributed by atoms with Crippen molar-refractivity contribution >= 4 is 27.9 Å². The van der Waals surface area contributed by atoms with Crippen LogP contribution in [0.15, 0.2) is 28.7 Å². The number of rotatable bonds is 5. The molecule has 0 radical (unpaired) electrons. The molecule has 5 nitrogen and oxygen atoms in total. The molecule has 1 aromatic rings. The summed E-state index contributed by atoms with van der Waals surface area (Å²) in [6, 6.07) is 6.37. The number of carbonyl (C=O) groups is 2. The van der Waals surface area contributed by atoms with Gasteiger partial charge in [-0.3, -0.25) is 0 Å². The molecule has 0 bridgehead atoms. The fourth-order valence-electron chi connectivity index (χ4n) is 1.58. The highest BCUT2D eigenvalue weighted by molar-refractivity contribution is 9.10. The first-order valence-corrected chi connectivity index (χ1v) is 6.72. The predicted octanol–water partition coefficient (Wildman–Crippen LogP) is 2.45. The van der Waals surface area contributed by atoms with E-state index in [-0.39, 0.29) is 0 Å². The minimum atomic E-state index is -1.02. The van der Waals surface area contributed by atoms with Crippen LogP contribution in [-0.2, 0) is 11.3 Å². The zero-order valence-corrected chi connectivity index (χ0v) is 12.5. The van der Waals surface area contributed by atoms with Gasteiger partial charge in [0, 0.05) is 18.1 Å². The molecule has 0 saturated carbocycles. The summed E-state index contributed by atoms with van der Waals surface area (Å²) in [4.78, 5) is 24.1. The van der Waals surface area contributed by atoms with Crippen LogP contribution in [-0.4, -0.2) is 35.1 Å². The van der Waals surface area contributed by atoms with Crippen molar-refractivity contribution in [1.29, 1.82) is 0 Å². The van der Waals surface area contributed by atoms with Crippen LogP contribution in [0.5, 0.6) is 0 Å². The van der Waals surface area contributed by atoms with E-state index < -0.39 is 18.0 Å². The van der Waals surface area contributed by atoms with E-state index >= 15 is 0 Å². The first-order chi connectivity index (χ1) is 8.93. The van der Waals surface area contributed by atoms with Crippen molar-refractivity contribution < 1.29 is 14.7 Å². The molecule has 0 fully saturated rings. The van der Waals surface area contributed by atoms with Crippen molar-refractivity contribution in [3.63, 3.8) is 0 Å². The molecule has 0 heterocycles. The summed E-state index contributed by atoms with van der Waals surface area (Å²) in [6.07, 6.45) is 0.353. The Labute approximate surface area is 120 Å². The molecule has 0 aliphatic carbocycles. The topological polar surface area (TPSA) is 69.6 Å². The lowest BCUT2D eigenvalue weighted by Gasteiger charge is -2.21. The number of amides is 2. The largest absolute Gasteiger partial charge is 0.480 e. The van der Waals surface area contributed by atoms with Gasteiger partial charge >= 0.3 is 12.0 Å². The fourth-order valence-corrected chi connectivity index (χ4v) is 2.03. The number of carboxylic acid groups (broad SMARTS) is 1. The summed E-state index contributed by atoms with van der Waals surface area (Å²) in [7, 11) is 1.63. The molecule has 0 spiro atoms. The van der Waals surface area contributed by atoms with Gasteiger partial charge in [-0.15, -0.1) is 0 Å². The predicted molar refractivity (Wildman–Crippen MR) is 75.9 cm³/mol. The number of halogens is 1. The first kappa shape index (κ1) is 15.5. The van der Waals surface area contributed by atoms with Crippen LogP contribution in [0.3, 0.4) is 0 Å². The van der Waals surface area contributed by atoms with Crippen LogP contribution in [0.4, 0.5) is 4.79 Å². The minimum absolute atomic E-state index is 0.353. The van der Waals surface area contributed by atoms with Crippen molar-refractivity contribution in [3.8, 4) is 0 Å². The van der Waals surface area contributed by atoms with Gasteiger partial charge < -0.3 is 15.3 Å². The lowest BCUT2D eigenvalue weighted by molar-refractivity contribution is -0.139. The molecule has 2 N–H and O–H groups in total. The Balaban J connectivity index is 2.60. The summed E-state index contributed by atoms with van der Waals surface area (Å²) in [5, 5.41) is 11.4. The van der Waals surface area contributed by atoms with Crippen LogP contribution in [0.2, 0.25) is 0 Å². The number of benzene rings is 1. The van der Waals surface area contributed by atoms with Gasteiger partial charge in [0.2, 0.25) is 0 Å². The molecule has 6 heteroatoms. The molecule has 1 aromatic carbocycles. The van der Waals surface area contributed by atoms with E-state index in [4.69, 9.17) is 5.11 Å². The molecule has 2 amide bonds. The Morgan fingerprint density at radius 3 is 2.68 bits per heavy atom. The number of aliphatic carboxylic acids is 1. The zero-order valence-electron chi connectivity index (χ0n) is 10.9. The third kappa shape index (κ3) is 4.90. The van der Waals surface area contributed by atoms with Crippen molar-refractivity contribution in [2.75, 3.05) is 7.05 Å². The number of hydrogen-bond acceptors (Lipinski definition) is 2. The van der Waals surface area contributed by atoms with Crippen LogP contribution >= 0.6 is 15.9 Å². The van der Waals surface area contributed by atoms with Crippen LogP contribution in [0, 0.1) is 0 Å². The van der Waals surface area contributed by atoms with Gasteiger partial charge in [0.25, 0.3) is 0 Å². The molecular weight excluding hydrogens is 312 g/mol. The molecular formula is C13H17BrN2O3. The first-order valence-electron chi connectivity index (χ1n) is 5.93. The lowest BCUT2D eigenvalue weighted by atomic mass is 10.2. The Kier molecular flexibility index (Phi) is 5.82.